The highest BCUT2D eigenvalue weighted by Crippen LogP contribution is 2.36. The molecule has 0 aliphatic rings. The van der Waals surface area contributed by atoms with Crippen LogP contribution in [-0.2, 0) is 10.9 Å². The Kier molecular flexibility index (Phi) is 5.05. The lowest BCUT2D eigenvalue weighted by Crippen LogP contribution is -2.36. The van der Waals surface area contributed by atoms with Gasteiger partial charge in [0.15, 0.2) is 0 Å². The van der Waals surface area contributed by atoms with Crippen LogP contribution < -0.4 is 10.6 Å². The molecular formula is C13H19F3N2O. The Balaban J connectivity index is 3.12. The molecule has 108 valence electrons. The molecule has 1 atom stereocenters. The van der Waals surface area contributed by atoms with Gasteiger partial charge in [0.05, 0.1) is 12.2 Å². The number of nitrogens with two attached hydrogens (primary N) is 1. The molecule has 0 aliphatic carbocycles. The number of hydrogen-bond acceptors (Lipinski definition) is 3. The largest absolute Gasteiger partial charge is 0.418 e. The molecule has 0 spiro atoms. The second-order valence-electron chi connectivity index (χ2n) is 4.36. The van der Waals surface area contributed by atoms with E-state index in [-0.39, 0.29) is 11.7 Å². The minimum atomic E-state index is -4.44. The van der Waals surface area contributed by atoms with Crippen molar-refractivity contribution in [3.8, 4) is 0 Å². The summed E-state index contributed by atoms with van der Waals surface area (Å²) in [5.41, 5.74) is 4.83. The summed E-state index contributed by atoms with van der Waals surface area (Å²) in [5.74, 6) is 0. The van der Waals surface area contributed by atoms with Gasteiger partial charge in [0.2, 0.25) is 0 Å². The van der Waals surface area contributed by atoms with E-state index < -0.39 is 11.7 Å². The van der Waals surface area contributed by atoms with Crippen molar-refractivity contribution in [2.45, 2.75) is 26.1 Å². The molecule has 0 amide bonds. The molecule has 0 saturated heterocycles. The fourth-order valence-electron chi connectivity index (χ4n) is 2.05. The number of methoxy groups -OCH3 is 1. The number of ether oxygens (including phenoxy) is 1. The maximum absolute atomic E-state index is 12.8. The molecule has 0 aliphatic heterocycles. The highest BCUT2D eigenvalue weighted by Gasteiger charge is 2.33. The lowest BCUT2D eigenvalue weighted by Gasteiger charge is -2.30. The number of rotatable bonds is 5. The monoisotopic (exact) mass is 276 g/mol. The molecule has 19 heavy (non-hydrogen) atoms. The molecule has 0 saturated carbocycles. The smallest absolute Gasteiger partial charge is 0.398 e. The van der Waals surface area contributed by atoms with Crippen molar-refractivity contribution in [1.29, 1.82) is 0 Å². The number of alkyl halides is 3. The van der Waals surface area contributed by atoms with Gasteiger partial charge in [-0.25, -0.2) is 0 Å². The zero-order chi connectivity index (χ0) is 14.6. The number of anilines is 2. The molecule has 0 radical (unpaired) electrons. The molecule has 6 heteroatoms. The van der Waals surface area contributed by atoms with Crippen LogP contribution in [0.25, 0.3) is 0 Å². The van der Waals surface area contributed by atoms with E-state index in [4.69, 9.17) is 10.5 Å². The Bertz CT molecular complexity index is 421. The van der Waals surface area contributed by atoms with E-state index in [2.05, 4.69) is 0 Å². The zero-order valence-electron chi connectivity index (χ0n) is 11.3. The van der Waals surface area contributed by atoms with Crippen molar-refractivity contribution in [2.75, 3.05) is 30.9 Å². The summed E-state index contributed by atoms with van der Waals surface area (Å²) in [6.07, 6.45) is -4.44. The third-order valence-electron chi connectivity index (χ3n) is 2.95. The fraction of sp³-hybridized carbons (Fsp3) is 0.538. The summed E-state index contributed by atoms with van der Waals surface area (Å²) < 4.78 is 43.5. The molecule has 2 N–H and O–H groups in total. The van der Waals surface area contributed by atoms with Crippen molar-refractivity contribution in [1.82, 2.24) is 0 Å². The molecule has 0 fully saturated rings. The van der Waals surface area contributed by atoms with Gasteiger partial charge in [0.1, 0.15) is 0 Å². The van der Waals surface area contributed by atoms with Crippen LogP contribution in [0, 0.1) is 0 Å². The van der Waals surface area contributed by atoms with E-state index in [9.17, 15) is 13.2 Å². The number of benzene rings is 1. The predicted octanol–water partition coefficient (Wildman–Crippen LogP) is 3.15. The van der Waals surface area contributed by atoms with Crippen molar-refractivity contribution >= 4 is 11.4 Å². The topological polar surface area (TPSA) is 38.5 Å². The predicted molar refractivity (Wildman–Crippen MR) is 70.2 cm³/mol. The molecule has 0 bridgehead atoms. The number of likely N-dealkylation sites (N-methyl/N-ethyl adjacent to an activating group) is 1. The zero-order valence-corrected chi connectivity index (χ0v) is 11.3. The molecule has 0 heterocycles. The summed E-state index contributed by atoms with van der Waals surface area (Å²) in [4.78, 5) is 1.85. The summed E-state index contributed by atoms with van der Waals surface area (Å²) in [6.45, 7) is 4.82. The maximum Gasteiger partial charge on any atom is 0.418 e. The quantitative estimate of drug-likeness (QED) is 0.840. The average molecular weight is 276 g/mol. The second kappa shape index (κ2) is 6.14. The number of nitrogen functional groups attached to an aromatic ring is 1. The SMILES string of the molecule is CCN(c1ccc(N)c(C(F)(F)F)c1)C(C)COC. The van der Waals surface area contributed by atoms with Gasteiger partial charge in [-0.3, -0.25) is 0 Å². The van der Waals surface area contributed by atoms with E-state index in [0.717, 1.165) is 6.07 Å². The Hall–Kier alpha value is -1.43. The Morgan fingerprint density at radius 3 is 2.47 bits per heavy atom. The van der Waals surface area contributed by atoms with Crippen LogP contribution in [0.4, 0.5) is 24.5 Å². The van der Waals surface area contributed by atoms with E-state index in [1.54, 1.807) is 13.2 Å². The van der Waals surface area contributed by atoms with Crippen molar-refractivity contribution in [3.05, 3.63) is 23.8 Å². The summed E-state index contributed by atoms with van der Waals surface area (Å²) in [6, 6.07) is 3.96. The van der Waals surface area contributed by atoms with E-state index >= 15 is 0 Å². The van der Waals surface area contributed by atoms with Gasteiger partial charge in [-0.1, -0.05) is 0 Å². The van der Waals surface area contributed by atoms with Crippen LogP contribution in [0.15, 0.2) is 18.2 Å². The van der Waals surface area contributed by atoms with Crippen molar-refractivity contribution in [3.63, 3.8) is 0 Å². The van der Waals surface area contributed by atoms with Crippen LogP contribution in [0.1, 0.15) is 19.4 Å². The average Bonchev–Trinajstić information content (AvgIpc) is 2.31. The van der Waals surface area contributed by atoms with Gasteiger partial charge in [-0.2, -0.15) is 13.2 Å². The summed E-state index contributed by atoms with van der Waals surface area (Å²) in [5, 5.41) is 0. The Morgan fingerprint density at radius 2 is 2.00 bits per heavy atom. The fourth-order valence-corrected chi connectivity index (χ4v) is 2.05. The number of hydrogen-bond donors (Lipinski definition) is 1. The van der Waals surface area contributed by atoms with Crippen LogP contribution >= 0.6 is 0 Å². The van der Waals surface area contributed by atoms with E-state index in [0.29, 0.717) is 18.8 Å². The second-order valence-corrected chi connectivity index (χ2v) is 4.36. The molecule has 1 aromatic rings. The molecule has 1 aromatic carbocycles. The highest BCUT2D eigenvalue weighted by atomic mass is 19.4. The van der Waals surface area contributed by atoms with Gasteiger partial charge in [0.25, 0.3) is 0 Å². The minimum Gasteiger partial charge on any atom is -0.398 e. The van der Waals surface area contributed by atoms with E-state index in [1.807, 2.05) is 18.7 Å². The lowest BCUT2D eigenvalue weighted by atomic mass is 10.1. The Morgan fingerprint density at radius 1 is 1.37 bits per heavy atom. The van der Waals surface area contributed by atoms with Crippen LogP contribution in [0.5, 0.6) is 0 Å². The van der Waals surface area contributed by atoms with E-state index in [1.165, 1.54) is 6.07 Å². The minimum absolute atomic E-state index is 0.0142. The molecule has 0 aromatic heterocycles. The van der Waals surface area contributed by atoms with Crippen molar-refractivity contribution in [2.24, 2.45) is 0 Å². The van der Waals surface area contributed by atoms with Gasteiger partial charge in [-0.15, -0.1) is 0 Å². The van der Waals surface area contributed by atoms with Crippen LogP contribution in [0.3, 0.4) is 0 Å². The molecule has 3 nitrogen and oxygen atoms in total. The van der Waals surface area contributed by atoms with Crippen LogP contribution in [0.2, 0.25) is 0 Å². The maximum atomic E-state index is 12.8. The molecular weight excluding hydrogens is 257 g/mol. The van der Waals surface area contributed by atoms with Gasteiger partial charge in [0, 0.05) is 31.1 Å². The third-order valence-corrected chi connectivity index (χ3v) is 2.95. The van der Waals surface area contributed by atoms with Gasteiger partial charge >= 0.3 is 6.18 Å². The van der Waals surface area contributed by atoms with Crippen molar-refractivity contribution < 1.29 is 17.9 Å². The van der Waals surface area contributed by atoms with Gasteiger partial charge in [-0.05, 0) is 32.0 Å². The number of halogens is 3. The standard InChI is InChI=1S/C13H19F3N2O/c1-4-18(9(2)8-19-3)10-5-6-12(17)11(7-10)13(14,15)16/h5-7,9H,4,8,17H2,1-3H3. The first kappa shape index (κ1) is 15.6. The molecule has 1 rings (SSSR count). The number of nitrogens with zero attached hydrogens (tertiary/aromatic N) is 1. The third kappa shape index (κ3) is 3.76. The van der Waals surface area contributed by atoms with Crippen LogP contribution in [-0.4, -0.2) is 26.3 Å². The first-order valence-electron chi connectivity index (χ1n) is 6.03. The normalized spacial score (nSPS) is 13.4. The lowest BCUT2D eigenvalue weighted by molar-refractivity contribution is -0.136. The summed E-state index contributed by atoms with van der Waals surface area (Å²) in [7, 11) is 1.56. The first-order chi connectivity index (χ1) is 8.81. The first-order valence-corrected chi connectivity index (χ1v) is 6.03. The highest BCUT2D eigenvalue weighted by molar-refractivity contribution is 5.60. The molecule has 1 unspecified atom stereocenters. The Labute approximate surface area is 111 Å². The summed E-state index contributed by atoms with van der Waals surface area (Å²) >= 11 is 0. The van der Waals surface area contributed by atoms with Gasteiger partial charge < -0.3 is 15.4 Å².